The zero-order chi connectivity index (χ0) is 40.8. The van der Waals surface area contributed by atoms with Gasteiger partial charge < -0.3 is 46.1 Å². The number of carboxylic acids is 1. The first-order valence-electron chi connectivity index (χ1n) is 17.9. The van der Waals surface area contributed by atoms with Gasteiger partial charge in [0.05, 0.1) is 25.2 Å². The van der Waals surface area contributed by atoms with Crippen LogP contribution < -0.4 is 27.0 Å². The number of carbonyl (C=O) groups excluding carboxylic acids is 4. The number of hydrogen-bond donors (Lipinski definition) is 7. The number of rotatable bonds is 18. The number of carbonyl (C=O) groups is 5. The SMILES string of the molecule is CC(C)(C)OC(=O)N[C@@H](Cc1ccccc1)[C@@H](O)CC(=O)N[C@@H](CCC(=O)O)C(=O)N[C@@H](Cc1ccccc1)C(=O)Nc1ccn(C2CSC(CO)O2)c(=O)n1. The first kappa shape index (κ1) is 43.4. The molecule has 3 aromatic rings. The van der Waals surface area contributed by atoms with E-state index in [4.69, 9.17) is 9.47 Å². The molecule has 17 nitrogen and oxygen atoms in total. The Morgan fingerprint density at radius 3 is 2.14 bits per heavy atom. The summed E-state index contributed by atoms with van der Waals surface area (Å²) in [4.78, 5) is 81.7. The maximum Gasteiger partial charge on any atom is 0.407 e. The van der Waals surface area contributed by atoms with E-state index in [1.165, 1.54) is 28.6 Å². The lowest BCUT2D eigenvalue weighted by Gasteiger charge is -2.27. The van der Waals surface area contributed by atoms with E-state index in [0.717, 1.165) is 5.56 Å². The molecular formula is C38H48N6O11S. The summed E-state index contributed by atoms with van der Waals surface area (Å²) in [5.74, 6) is -3.40. The van der Waals surface area contributed by atoms with Crippen molar-refractivity contribution in [1.29, 1.82) is 0 Å². The monoisotopic (exact) mass is 796 g/mol. The van der Waals surface area contributed by atoms with E-state index in [9.17, 15) is 44.1 Å². The van der Waals surface area contributed by atoms with Crippen LogP contribution in [0.4, 0.5) is 10.6 Å². The first-order chi connectivity index (χ1) is 26.6. The lowest BCUT2D eigenvalue weighted by molar-refractivity contribution is -0.138. The number of nitrogens with zero attached hydrogens (tertiary/aromatic N) is 2. The highest BCUT2D eigenvalue weighted by atomic mass is 32.2. The number of aliphatic hydroxyl groups is 2. The molecule has 1 saturated heterocycles. The van der Waals surface area contributed by atoms with Crippen molar-refractivity contribution in [2.45, 2.75) is 94.4 Å². The molecular weight excluding hydrogens is 749 g/mol. The predicted molar refractivity (Wildman–Crippen MR) is 205 cm³/mol. The molecule has 6 atom stereocenters. The molecule has 0 radical (unpaired) electrons. The summed E-state index contributed by atoms with van der Waals surface area (Å²) in [6.07, 6.45) is -2.89. The van der Waals surface area contributed by atoms with Gasteiger partial charge in [0.15, 0.2) is 0 Å². The van der Waals surface area contributed by atoms with Crippen LogP contribution in [0.1, 0.15) is 57.4 Å². The van der Waals surface area contributed by atoms with Gasteiger partial charge in [-0.15, -0.1) is 11.8 Å². The highest BCUT2D eigenvalue weighted by molar-refractivity contribution is 8.00. The second-order valence-electron chi connectivity index (χ2n) is 14.0. The molecule has 2 unspecified atom stereocenters. The zero-order valence-corrected chi connectivity index (χ0v) is 32.1. The number of anilines is 1. The number of carboxylic acid groups (broad SMARTS) is 1. The van der Waals surface area contributed by atoms with Crippen LogP contribution in [0.3, 0.4) is 0 Å². The molecule has 1 aliphatic rings. The average Bonchev–Trinajstić information content (AvgIpc) is 3.62. The lowest BCUT2D eigenvalue weighted by Crippen LogP contribution is -2.54. The highest BCUT2D eigenvalue weighted by Crippen LogP contribution is 2.30. The van der Waals surface area contributed by atoms with Gasteiger partial charge in [0.2, 0.25) is 17.7 Å². The number of ether oxygens (including phenoxy) is 2. The standard InChI is InChI=1S/C38H48N6O11S/c1-38(2,3)55-37(53)41-26(18-23-10-6-4-7-11-23)28(46)20-30(47)39-25(14-15-32(48)49)34(50)40-27(19-24-12-8-5-9-13-24)35(51)42-29-16-17-44(36(52)43-29)31-22-56-33(21-45)54-31/h4-13,16-17,25-28,31,33,45-46H,14-15,18-22H2,1-3H3,(H,39,47)(H,40,50)(H,41,53)(H,48,49)(H,42,43,51,52)/t25-,26-,27-,28-,31?,33?/m0/s1. The number of alkyl carbamates (subject to hydrolysis) is 1. The topological polar surface area (TPSA) is 248 Å². The Morgan fingerprint density at radius 1 is 0.929 bits per heavy atom. The molecule has 18 heteroatoms. The predicted octanol–water partition coefficient (Wildman–Crippen LogP) is 1.73. The van der Waals surface area contributed by atoms with Crippen LogP contribution in [0.2, 0.25) is 0 Å². The van der Waals surface area contributed by atoms with E-state index in [2.05, 4.69) is 26.3 Å². The molecule has 56 heavy (non-hydrogen) atoms. The summed E-state index contributed by atoms with van der Waals surface area (Å²) >= 11 is 1.34. The summed E-state index contributed by atoms with van der Waals surface area (Å²) in [5, 5.41) is 40.2. The Morgan fingerprint density at radius 2 is 1.57 bits per heavy atom. The zero-order valence-electron chi connectivity index (χ0n) is 31.3. The first-order valence-corrected chi connectivity index (χ1v) is 19.0. The van der Waals surface area contributed by atoms with Crippen LogP contribution >= 0.6 is 11.8 Å². The molecule has 2 aromatic carbocycles. The number of hydrogen-bond acceptors (Lipinski definition) is 12. The molecule has 1 fully saturated rings. The quantitative estimate of drug-likeness (QED) is 0.0971. The second-order valence-corrected chi connectivity index (χ2v) is 15.2. The fraction of sp³-hybridized carbons (Fsp3) is 0.447. The number of amides is 4. The van der Waals surface area contributed by atoms with Gasteiger partial charge in [-0.05, 0) is 50.8 Å². The van der Waals surface area contributed by atoms with Crippen molar-refractivity contribution in [1.82, 2.24) is 25.5 Å². The van der Waals surface area contributed by atoms with E-state index >= 15 is 0 Å². The maximum absolute atomic E-state index is 13.7. The van der Waals surface area contributed by atoms with Crippen molar-refractivity contribution in [3.8, 4) is 0 Å². The van der Waals surface area contributed by atoms with Gasteiger partial charge in [-0.1, -0.05) is 60.7 Å². The van der Waals surface area contributed by atoms with Gasteiger partial charge in [0.1, 0.15) is 35.2 Å². The third-order valence-electron chi connectivity index (χ3n) is 8.35. The number of nitrogens with one attached hydrogen (secondary N) is 4. The third kappa shape index (κ3) is 14.1. The van der Waals surface area contributed by atoms with Crippen molar-refractivity contribution in [3.63, 3.8) is 0 Å². The van der Waals surface area contributed by atoms with E-state index < -0.39 is 89.8 Å². The number of aliphatic hydroxyl groups excluding tert-OH is 2. The van der Waals surface area contributed by atoms with Crippen molar-refractivity contribution < 1.29 is 48.8 Å². The van der Waals surface area contributed by atoms with E-state index in [1.807, 2.05) is 0 Å². The fourth-order valence-corrected chi connectivity index (χ4v) is 6.59. The van der Waals surface area contributed by atoms with Crippen molar-refractivity contribution in [2.24, 2.45) is 0 Å². The smallest absolute Gasteiger partial charge is 0.407 e. The third-order valence-corrected chi connectivity index (χ3v) is 9.46. The lowest BCUT2D eigenvalue weighted by atomic mass is 9.98. The van der Waals surface area contributed by atoms with E-state index in [0.29, 0.717) is 11.3 Å². The molecule has 0 saturated carbocycles. The van der Waals surface area contributed by atoms with Gasteiger partial charge in [0, 0.05) is 24.8 Å². The number of aliphatic carboxylic acids is 1. The maximum atomic E-state index is 13.7. The van der Waals surface area contributed by atoms with Crippen LogP contribution in [0.25, 0.3) is 0 Å². The Bertz CT molecular complexity index is 1860. The van der Waals surface area contributed by atoms with E-state index in [-0.39, 0.29) is 31.7 Å². The van der Waals surface area contributed by atoms with Gasteiger partial charge in [-0.3, -0.25) is 23.7 Å². The summed E-state index contributed by atoms with van der Waals surface area (Å²) in [5.41, 5.74) is -0.633. The summed E-state index contributed by atoms with van der Waals surface area (Å²) in [6, 6.07) is 15.3. The summed E-state index contributed by atoms with van der Waals surface area (Å²) in [7, 11) is 0. The molecule has 1 aromatic heterocycles. The van der Waals surface area contributed by atoms with Crippen LogP contribution in [0, 0.1) is 0 Å². The molecule has 4 rings (SSSR count). The normalized spacial score (nSPS) is 17.4. The molecule has 4 amide bonds. The number of aromatic nitrogens is 2. The summed E-state index contributed by atoms with van der Waals surface area (Å²) in [6.45, 7) is 4.80. The average molecular weight is 797 g/mol. The molecule has 7 N–H and O–H groups in total. The minimum absolute atomic E-state index is 0.0268. The van der Waals surface area contributed by atoms with Crippen molar-refractivity contribution in [2.75, 3.05) is 17.7 Å². The largest absolute Gasteiger partial charge is 0.481 e. The van der Waals surface area contributed by atoms with E-state index in [1.54, 1.807) is 81.4 Å². The Balaban J connectivity index is 1.48. The Hall–Kier alpha value is -5.30. The molecule has 1 aliphatic heterocycles. The molecule has 0 aliphatic carbocycles. The van der Waals surface area contributed by atoms with Crippen molar-refractivity contribution >= 4 is 47.4 Å². The Kier molecular flexibility index (Phi) is 16.0. The molecule has 0 bridgehead atoms. The van der Waals surface area contributed by atoms with Crippen LogP contribution in [-0.2, 0) is 41.5 Å². The molecule has 0 spiro atoms. The van der Waals surface area contributed by atoms with Crippen LogP contribution in [0.15, 0.2) is 77.7 Å². The van der Waals surface area contributed by atoms with Gasteiger partial charge >= 0.3 is 17.8 Å². The van der Waals surface area contributed by atoms with Crippen LogP contribution in [0.5, 0.6) is 0 Å². The minimum Gasteiger partial charge on any atom is -0.481 e. The second kappa shape index (κ2) is 20.6. The summed E-state index contributed by atoms with van der Waals surface area (Å²) < 4.78 is 12.2. The highest BCUT2D eigenvalue weighted by Gasteiger charge is 2.32. The van der Waals surface area contributed by atoms with Crippen molar-refractivity contribution in [3.05, 3.63) is 94.5 Å². The number of benzene rings is 2. The van der Waals surface area contributed by atoms with Gasteiger partial charge in [0.25, 0.3) is 0 Å². The van der Waals surface area contributed by atoms with Gasteiger partial charge in [-0.25, -0.2) is 9.59 Å². The number of thioether (sulfide) groups is 1. The Labute approximate surface area is 327 Å². The minimum atomic E-state index is -1.46. The van der Waals surface area contributed by atoms with Gasteiger partial charge in [-0.2, -0.15) is 4.98 Å². The van der Waals surface area contributed by atoms with Crippen LogP contribution in [-0.4, -0.2) is 102 Å². The fourth-order valence-electron chi connectivity index (χ4n) is 5.66. The molecule has 2 heterocycles. The molecule has 302 valence electrons.